The Kier molecular flexibility index (Phi) is 3.58. The third-order valence-electron chi connectivity index (χ3n) is 2.43. The third kappa shape index (κ3) is 2.84. The lowest BCUT2D eigenvalue weighted by Gasteiger charge is -2.07. The number of aryl methyl sites for hydroxylation is 2. The zero-order valence-corrected chi connectivity index (χ0v) is 10.8. The van der Waals surface area contributed by atoms with E-state index in [-0.39, 0.29) is 11.6 Å². The van der Waals surface area contributed by atoms with Gasteiger partial charge in [0.1, 0.15) is 5.69 Å². The van der Waals surface area contributed by atoms with Crippen LogP contribution in [-0.2, 0) is 0 Å². The largest absolute Gasteiger partial charge is 0.319 e. The number of pyridine rings is 2. The standard InChI is InChI=1S/C13H12ClN3O/c1-8-3-4-11(9(2)16-8)17-13(18)12-7-10(14)5-6-15-12/h3-7H,1-2H3,(H,17,18). The number of hydrogen-bond donors (Lipinski definition) is 1. The van der Waals surface area contributed by atoms with Crippen molar-refractivity contribution in [1.29, 1.82) is 0 Å². The summed E-state index contributed by atoms with van der Waals surface area (Å²) in [7, 11) is 0. The second-order valence-corrected chi connectivity index (χ2v) is 4.34. The predicted octanol–water partition coefficient (Wildman–Crippen LogP) is 3.00. The number of hydrogen-bond acceptors (Lipinski definition) is 3. The van der Waals surface area contributed by atoms with Crippen LogP contribution in [0.2, 0.25) is 5.02 Å². The molecule has 0 spiro atoms. The highest BCUT2D eigenvalue weighted by atomic mass is 35.5. The summed E-state index contributed by atoms with van der Waals surface area (Å²) >= 11 is 5.81. The van der Waals surface area contributed by atoms with Crippen LogP contribution in [0.5, 0.6) is 0 Å². The molecule has 0 unspecified atom stereocenters. The van der Waals surface area contributed by atoms with Gasteiger partial charge in [-0.1, -0.05) is 11.6 Å². The summed E-state index contributed by atoms with van der Waals surface area (Å²) in [4.78, 5) is 20.2. The monoisotopic (exact) mass is 261 g/mol. The Labute approximate surface area is 110 Å². The lowest BCUT2D eigenvalue weighted by Crippen LogP contribution is -2.14. The molecule has 1 amide bonds. The van der Waals surface area contributed by atoms with Gasteiger partial charge in [-0.15, -0.1) is 0 Å². The first kappa shape index (κ1) is 12.5. The van der Waals surface area contributed by atoms with E-state index in [4.69, 9.17) is 11.6 Å². The first-order chi connectivity index (χ1) is 8.56. The zero-order valence-electron chi connectivity index (χ0n) is 10.1. The normalized spacial score (nSPS) is 10.2. The van der Waals surface area contributed by atoms with Crippen LogP contribution in [0, 0.1) is 13.8 Å². The van der Waals surface area contributed by atoms with Crippen molar-refractivity contribution in [2.75, 3.05) is 5.32 Å². The molecular weight excluding hydrogens is 250 g/mol. The number of amides is 1. The van der Waals surface area contributed by atoms with E-state index >= 15 is 0 Å². The van der Waals surface area contributed by atoms with E-state index in [9.17, 15) is 4.79 Å². The highest BCUT2D eigenvalue weighted by Crippen LogP contribution is 2.14. The minimum Gasteiger partial charge on any atom is -0.319 e. The van der Waals surface area contributed by atoms with Crippen molar-refractivity contribution < 1.29 is 4.79 Å². The second-order valence-electron chi connectivity index (χ2n) is 3.90. The molecule has 1 N–H and O–H groups in total. The van der Waals surface area contributed by atoms with Crippen molar-refractivity contribution >= 4 is 23.2 Å². The van der Waals surface area contributed by atoms with Crippen LogP contribution in [0.4, 0.5) is 5.69 Å². The molecule has 0 radical (unpaired) electrons. The Morgan fingerprint density at radius 1 is 1.28 bits per heavy atom. The van der Waals surface area contributed by atoms with Crippen LogP contribution in [0.1, 0.15) is 21.9 Å². The molecule has 0 saturated carbocycles. The van der Waals surface area contributed by atoms with E-state index in [0.29, 0.717) is 10.7 Å². The van der Waals surface area contributed by atoms with E-state index < -0.39 is 0 Å². The molecule has 5 heteroatoms. The van der Waals surface area contributed by atoms with Crippen LogP contribution < -0.4 is 5.32 Å². The molecule has 2 rings (SSSR count). The Morgan fingerprint density at radius 3 is 2.72 bits per heavy atom. The molecule has 2 aromatic heterocycles. The fraction of sp³-hybridized carbons (Fsp3) is 0.154. The SMILES string of the molecule is Cc1ccc(NC(=O)c2cc(Cl)ccn2)c(C)n1. The number of nitrogens with one attached hydrogen (secondary N) is 1. The molecular formula is C13H12ClN3O. The number of carbonyl (C=O) groups is 1. The van der Waals surface area contributed by atoms with Crippen molar-refractivity contribution in [2.24, 2.45) is 0 Å². The fourth-order valence-corrected chi connectivity index (χ4v) is 1.69. The van der Waals surface area contributed by atoms with Gasteiger partial charge < -0.3 is 5.32 Å². The number of aromatic nitrogens is 2. The highest BCUT2D eigenvalue weighted by molar-refractivity contribution is 6.30. The summed E-state index contributed by atoms with van der Waals surface area (Å²) in [5.41, 5.74) is 2.63. The van der Waals surface area contributed by atoms with E-state index in [1.165, 1.54) is 12.3 Å². The van der Waals surface area contributed by atoms with Gasteiger partial charge >= 0.3 is 0 Å². The smallest absolute Gasteiger partial charge is 0.274 e. The minimum absolute atomic E-state index is 0.280. The highest BCUT2D eigenvalue weighted by Gasteiger charge is 2.09. The van der Waals surface area contributed by atoms with Gasteiger partial charge in [0.2, 0.25) is 0 Å². The van der Waals surface area contributed by atoms with Crippen molar-refractivity contribution in [1.82, 2.24) is 9.97 Å². The summed E-state index contributed by atoms with van der Waals surface area (Å²) in [5.74, 6) is -0.300. The first-order valence-corrected chi connectivity index (χ1v) is 5.81. The van der Waals surface area contributed by atoms with Crippen LogP contribution >= 0.6 is 11.6 Å². The van der Waals surface area contributed by atoms with Crippen molar-refractivity contribution in [3.8, 4) is 0 Å². The molecule has 0 aliphatic heterocycles. The molecule has 0 bridgehead atoms. The van der Waals surface area contributed by atoms with Crippen LogP contribution in [0.25, 0.3) is 0 Å². The number of halogens is 1. The number of rotatable bonds is 2. The number of nitrogens with zero attached hydrogens (tertiary/aromatic N) is 2. The van der Waals surface area contributed by atoms with Crippen molar-refractivity contribution in [3.63, 3.8) is 0 Å². The number of carbonyl (C=O) groups excluding carboxylic acids is 1. The minimum atomic E-state index is -0.300. The molecule has 0 aromatic carbocycles. The average molecular weight is 262 g/mol. The van der Waals surface area contributed by atoms with Gasteiger partial charge in [0.25, 0.3) is 5.91 Å². The molecule has 2 aromatic rings. The number of anilines is 1. The summed E-state index contributed by atoms with van der Waals surface area (Å²) < 4.78 is 0. The van der Waals surface area contributed by atoms with Gasteiger partial charge in [-0.25, -0.2) is 0 Å². The Bertz CT molecular complexity index is 599. The molecule has 2 heterocycles. The van der Waals surface area contributed by atoms with Crippen LogP contribution in [-0.4, -0.2) is 15.9 Å². The van der Waals surface area contributed by atoms with Gasteiger partial charge in [-0.2, -0.15) is 0 Å². The lowest BCUT2D eigenvalue weighted by atomic mass is 10.2. The van der Waals surface area contributed by atoms with Crippen LogP contribution in [0.15, 0.2) is 30.5 Å². The first-order valence-electron chi connectivity index (χ1n) is 5.43. The summed E-state index contributed by atoms with van der Waals surface area (Å²) in [6.07, 6.45) is 1.50. The maximum atomic E-state index is 11.9. The zero-order chi connectivity index (χ0) is 13.1. The Balaban J connectivity index is 2.21. The Morgan fingerprint density at radius 2 is 2.06 bits per heavy atom. The van der Waals surface area contributed by atoms with Gasteiger partial charge in [0, 0.05) is 16.9 Å². The van der Waals surface area contributed by atoms with E-state index in [1.54, 1.807) is 6.07 Å². The van der Waals surface area contributed by atoms with E-state index in [2.05, 4.69) is 15.3 Å². The average Bonchev–Trinajstić information content (AvgIpc) is 2.32. The predicted molar refractivity (Wildman–Crippen MR) is 70.9 cm³/mol. The molecule has 0 atom stereocenters. The Hall–Kier alpha value is -1.94. The fourth-order valence-electron chi connectivity index (χ4n) is 1.53. The summed E-state index contributed by atoms with van der Waals surface area (Å²) in [6, 6.07) is 6.80. The topological polar surface area (TPSA) is 54.9 Å². The molecule has 18 heavy (non-hydrogen) atoms. The molecule has 4 nitrogen and oxygen atoms in total. The quantitative estimate of drug-likeness (QED) is 0.904. The molecule has 0 aliphatic rings. The molecule has 92 valence electrons. The summed E-state index contributed by atoms with van der Waals surface area (Å²) in [5, 5.41) is 3.24. The van der Waals surface area contributed by atoms with E-state index in [0.717, 1.165) is 11.4 Å². The van der Waals surface area contributed by atoms with Gasteiger partial charge in [-0.05, 0) is 38.1 Å². The van der Waals surface area contributed by atoms with Gasteiger partial charge in [0.15, 0.2) is 0 Å². The third-order valence-corrected chi connectivity index (χ3v) is 2.66. The van der Waals surface area contributed by atoms with Gasteiger partial charge in [0.05, 0.1) is 11.4 Å². The van der Waals surface area contributed by atoms with Gasteiger partial charge in [-0.3, -0.25) is 14.8 Å². The van der Waals surface area contributed by atoms with E-state index in [1.807, 2.05) is 26.0 Å². The molecule has 0 aliphatic carbocycles. The van der Waals surface area contributed by atoms with Crippen LogP contribution in [0.3, 0.4) is 0 Å². The lowest BCUT2D eigenvalue weighted by molar-refractivity contribution is 0.102. The second kappa shape index (κ2) is 5.14. The molecule has 0 saturated heterocycles. The van der Waals surface area contributed by atoms with Crippen molar-refractivity contribution in [3.05, 3.63) is 52.6 Å². The van der Waals surface area contributed by atoms with Crippen molar-refractivity contribution in [2.45, 2.75) is 13.8 Å². The molecule has 0 fully saturated rings. The maximum Gasteiger partial charge on any atom is 0.274 e. The maximum absolute atomic E-state index is 11.9. The summed E-state index contributed by atoms with van der Waals surface area (Å²) in [6.45, 7) is 3.74.